The summed E-state index contributed by atoms with van der Waals surface area (Å²) in [6.07, 6.45) is 0. The molecule has 58 heavy (non-hydrogen) atoms. The van der Waals surface area contributed by atoms with Gasteiger partial charge in [-0.3, -0.25) is 0 Å². The maximum Gasteiger partial charge on any atom is 0.143 e. The van der Waals surface area contributed by atoms with E-state index in [-0.39, 0.29) is 5.41 Å². The Labute approximate surface area is 338 Å². The molecular weight excluding hydrogens is 703 g/mol. The fourth-order valence-corrected chi connectivity index (χ4v) is 9.34. The highest BCUT2D eigenvalue weighted by molar-refractivity contribution is 6.12. The number of hydrogen-bond acceptors (Lipinski definition) is 2. The maximum absolute atomic E-state index is 6.86. The van der Waals surface area contributed by atoms with Gasteiger partial charge >= 0.3 is 0 Å². The Morgan fingerprint density at radius 1 is 0.345 bits per heavy atom. The molecule has 0 saturated carbocycles. The second-order valence-corrected chi connectivity index (χ2v) is 15.4. The quantitative estimate of drug-likeness (QED) is 0.162. The minimum Gasteiger partial charge on any atom is -0.455 e. The van der Waals surface area contributed by atoms with E-state index < -0.39 is 0 Å². The summed E-state index contributed by atoms with van der Waals surface area (Å²) in [5.74, 6) is 0. The number of fused-ring (bicyclic) bond motifs is 6. The van der Waals surface area contributed by atoms with Crippen LogP contribution < -0.4 is 4.90 Å². The van der Waals surface area contributed by atoms with Gasteiger partial charge in [0.25, 0.3) is 0 Å². The van der Waals surface area contributed by atoms with Gasteiger partial charge in [-0.05, 0) is 105 Å². The molecular formula is C56H39NO. The third kappa shape index (κ3) is 5.41. The molecule has 0 saturated heterocycles. The SMILES string of the molecule is CC1(c2cccc3oc4c(-c5ccc(N(c6ccc(-c7ccccc7)cc6)c6ccc(-c7ccccc7)cc6)cc5)cccc4c23)c2ccccc2-c2ccccc21. The zero-order valence-electron chi connectivity index (χ0n) is 32.1. The van der Waals surface area contributed by atoms with Crippen LogP contribution in [0.1, 0.15) is 23.6 Å². The first-order valence-electron chi connectivity index (χ1n) is 20.0. The summed E-state index contributed by atoms with van der Waals surface area (Å²) in [6, 6.07) is 78.6. The highest BCUT2D eigenvalue weighted by Crippen LogP contribution is 2.54. The van der Waals surface area contributed by atoms with E-state index in [1.165, 1.54) is 55.5 Å². The molecule has 9 aromatic carbocycles. The van der Waals surface area contributed by atoms with Gasteiger partial charge in [-0.2, -0.15) is 0 Å². The van der Waals surface area contributed by atoms with E-state index in [2.05, 4.69) is 230 Å². The Kier molecular flexibility index (Phi) is 7.97. The average Bonchev–Trinajstić information content (AvgIpc) is 3.81. The molecule has 10 aromatic rings. The first-order chi connectivity index (χ1) is 28.6. The molecule has 274 valence electrons. The van der Waals surface area contributed by atoms with Crippen molar-refractivity contribution in [3.63, 3.8) is 0 Å². The van der Waals surface area contributed by atoms with Gasteiger partial charge in [-0.1, -0.05) is 176 Å². The van der Waals surface area contributed by atoms with Gasteiger partial charge < -0.3 is 9.32 Å². The Balaban J connectivity index is 1.00. The van der Waals surface area contributed by atoms with Crippen LogP contribution in [-0.2, 0) is 5.41 Å². The maximum atomic E-state index is 6.86. The number of nitrogens with zero attached hydrogens (tertiary/aromatic N) is 1. The minimum absolute atomic E-state index is 0.330. The van der Waals surface area contributed by atoms with Crippen molar-refractivity contribution in [2.45, 2.75) is 12.3 Å². The molecule has 0 bridgehead atoms. The number of anilines is 3. The Bertz CT molecular complexity index is 2960. The van der Waals surface area contributed by atoms with Crippen LogP contribution in [0.3, 0.4) is 0 Å². The van der Waals surface area contributed by atoms with Crippen LogP contribution in [-0.4, -0.2) is 0 Å². The number of furan rings is 1. The molecule has 0 radical (unpaired) electrons. The fourth-order valence-electron chi connectivity index (χ4n) is 9.34. The van der Waals surface area contributed by atoms with Crippen LogP contribution in [0, 0.1) is 0 Å². The normalized spacial score (nSPS) is 12.7. The molecule has 1 heterocycles. The summed E-state index contributed by atoms with van der Waals surface area (Å²) >= 11 is 0. The van der Waals surface area contributed by atoms with E-state index in [1.807, 2.05) is 0 Å². The second kappa shape index (κ2) is 13.7. The molecule has 0 spiro atoms. The van der Waals surface area contributed by atoms with E-state index in [9.17, 15) is 0 Å². The van der Waals surface area contributed by atoms with Crippen molar-refractivity contribution in [2.75, 3.05) is 4.90 Å². The van der Waals surface area contributed by atoms with Crippen molar-refractivity contribution in [1.29, 1.82) is 0 Å². The van der Waals surface area contributed by atoms with Gasteiger partial charge in [0.2, 0.25) is 0 Å². The molecule has 1 aliphatic rings. The third-order valence-corrected chi connectivity index (χ3v) is 12.2. The van der Waals surface area contributed by atoms with Gasteiger partial charge in [0.15, 0.2) is 0 Å². The van der Waals surface area contributed by atoms with Crippen LogP contribution in [0.2, 0.25) is 0 Å². The predicted molar refractivity (Wildman–Crippen MR) is 242 cm³/mol. The molecule has 0 fully saturated rings. The van der Waals surface area contributed by atoms with E-state index in [0.717, 1.165) is 44.7 Å². The lowest BCUT2D eigenvalue weighted by Gasteiger charge is -2.29. The van der Waals surface area contributed by atoms with Crippen molar-refractivity contribution in [1.82, 2.24) is 0 Å². The van der Waals surface area contributed by atoms with E-state index in [0.29, 0.717) is 0 Å². The number of rotatable bonds is 7. The zero-order chi connectivity index (χ0) is 38.6. The lowest BCUT2D eigenvalue weighted by molar-refractivity contribution is 0.667. The highest BCUT2D eigenvalue weighted by atomic mass is 16.3. The average molecular weight is 742 g/mol. The summed E-state index contributed by atoms with van der Waals surface area (Å²) in [6.45, 7) is 2.38. The third-order valence-electron chi connectivity index (χ3n) is 12.2. The first-order valence-corrected chi connectivity index (χ1v) is 20.0. The summed E-state index contributed by atoms with van der Waals surface area (Å²) in [4.78, 5) is 2.33. The van der Waals surface area contributed by atoms with Gasteiger partial charge in [0.05, 0.1) is 0 Å². The fraction of sp³-hybridized carbons (Fsp3) is 0.0357. The zero-order valence-corrected chi connectivity index (χ0v) is 32.1. The van der Waals surface area contributed by atoms with Gasteiger partial charge in [-0.15, -0.1) is 0 Å². The van der Waals surface area contributed by atoms with Crippen LogP contribution in [0.15, 0.2) is 223 Å². The number of benzene rings is 9. The summed E-state index contributed by atoms with van der Waals surface area (Å²) in [7, 11) is 0. The van der Waals surface area contributed by atoms with Crippen LogP contribution in [0.4, 0.5) is 17.1 Å². The summed E-state index contributed by atoms with van der Waals surface area (Å²) < 4.78 is 6.86. The number of para-hydroxylation sites is 1. The Morgan fingerprint density at radius 3 is 1.29 bits per heavy atom. The molecule has 0 aliphatic heterocycles. The highest BCUT2D eigenvalue weighted by Gasteiger charge is 2.42. The van der Waals surface area contributed by atoms with Gasteiger partial charge in [0.1, 0.15) is 11.2 Å². The minimum atomic E-state index is -0.330. The topological polar surface area (TPSA) is 16.4 Å². The predicted octanol–water partition coefficient (Wildman–Crippen LogP) is 15.4. The molecule has 0 atom stereocenters. The Morgan fingerprint density at radius 2 is 0.759 bits per heavy atom. The first kappa shape index (κ1) is 33.9. The lowest BCUT2D eigenvalue weighted by Crippen LogP contribution is -2.22. The molecule has 0 amide bonds. The van der Waals surface area contributed by atoms with Crippen molar-refractivity contribution < 1.29 is 4.42 Å². The smallest absolute Gasteiger partial charge is 0.143 e. The van der Waals surface area contributed by atoms with E-state index >= 15 is 0 Å². The number of hydrogen-bond donors (Lipinski definition) is 0. The molecule has 0 N–H and O–H groups in total. The van der Waals surface area contributed by atoms with Gasteiger partial charge in [0, 0.05) is 38.8 Å². The Hall–Kier alpha value is -7.42. The van der Waals surface area contributed by atoms with Crippen LogP contribution in [0.25, 0.3) is 66.4 Å². The van der Waals surface area contributed by atoms with Crippen molar-refractivity contribution >= 4 is 39.0 Å². The van der Waals surface area contributed by atoms with Crippen molar-refractivity contribution in [3.8, 4) is 44.5 Å². The molecule has 1 aromatic heterocycles. The lowest BCUT2D eigenvalue weighted by atomic mass is 9.73. The molecule has 1 aliphatic carbocycles. The molecule has 0 unspecified atom stereocenters. The standard InChI is InChI=1S/C56H39NO/c1-56(50-22-10-8-18-47(50)48-19-9-11-23-51(48)56)52-24-13-25-53-54(52)49-21-12-20-46(55(49)58-53)42-30-36-45(37-31-42)57(43-32-26-40(27-33-43)38-14-4-2-5-15-38)44-34-28-41(29-35-44)39-16-6-3-7-17-39/h2-37H,1H3. The monoisotopic (exact) mass is 741 g/mol. The van der Waals surface area contributed by atoms with Gasteiger partial charge in [-0.25, -0.2) is 0 Å². The second-order valence-electron chi connectivity index (χ2n) is 15.4. The van der Waals surface area contributed by atoms with Crippen LogP contribution >= 0.6 is 0 Å². The van der Waals surface area contributed by atoms with E-state index in [4.69, 9.17) is 4.42 Å². The summed E-state index contributed by atoms with van der Waals surface area (Å²) in [5.41, 5.74) is 18.3. The largest absolute Gasteiger partial charge is 0.455 e. The van der Waals surface area contributed by atoms with Crippen molar-refractivity contribution in [2.24, 2.45) is 0 Å². The molecule has 2 heteroatoms. The van der Waals surface area contributed by atoms with Crippen LogP contribution in [0.5, 0.6) is 0 Å². The molecule has 11 rings (SSSR count). The van der Waals surface area contributed by atoms with E-state index in [1.54, 1.807) is 0 Å². The summed E-state index contributed by atoms with van der Waals surface area (Å²) in [5, 5.41) is 2.31. The van der Waals surface area contributed by atoms with Crippen molar-refractivity contribution in [3.05, 3.63) is 235 Å². The molecule has 2 nitrogen and oxygen atoms in total.